The quantitative estimate of drug-likeness (QED) is 0.779. The lowest BCUT2D eigenvalue weighted by molar-refractivity contribution is 0.0536. The number of hydrogen-bond donors (Lipinski definition) is 0. The van der Waals surface area contributed by atoms with Crippen LogP contribution in [0, 0.1) is 0 Å². The van der Waals surface area contributed by atoms with Crippen LogP contribution in [0.25, 0.3) is 0 Å². The molecule has 1 aromatic carbocycles. The molecule has 1 fully saturated rings. The SMILES string of the molecule is C=CCC([C@@H]1CC[C@H](C)O1)S(=O)(=O)c1ccccc1. The van der Waals surface area contributed by atoms with Crippen LogP contribution in [0.5, 0.6) is 0 Å². The number of sulfone groups is 1. The first-order valence-corrected chi connectivity index (χ1v) is 8.15. The van der Waals surface area contributed by atoms with Crippen molar-refractivity contribution in [2.24, 2.45) is 0 Å². The van der Waals surface area contributed by atoms with Gasteiger partial charge in [-0.05, 0) is 38.3 Å². The first-order valence-electron chi connectivity index (χ1n) is 6.61. The van der Waals surface area contributed by atoms with E-state index in [-0.39, 0.29) is 12.2 Å². The monoisotopic (exact) mass is 280 g/mol. The molecular weight excluding hydrogens is 260 g/mol. The zero-order chi connectivity index (χ0) is 13.9. The molecule has 3 atom stereocenters. The first kappa shape index (κ1) is 14.3. The van der Waals surface area contributed by atoms with Crippen molar-refractivity contribution in [2.75, 3.05) is 0 Å². The van der Waals surface area contributed by atoms with Crippen molar-refractivity contribution >= 4 is 9.84 Å². The molecule has 1 aliphatic rings. The Bertz CT molecular complexity index is 522. The van der Waals surface area contributed by atoms with Crippen molar-refractivity contribution in [3.8, 4) is 0 Å². The van der Waals surface area contributed by atoms with Crippen molar-refractivity contribution in [1.82, 2.24) is 0 Å². The van der Waals surface area contributed by atoms with Crippen molar-refractivity contribution in [2.45, 2.75) is 48.5 Å². The van der Waals surface area contributed by atoms with Crippen LogP contribution in [0.2, 0.25) is 0 Å². The number of ether oxygens (including phenoxy) is 1. The molecular formula is C15H20O3S. The van der Waals surface area contributed by atoms with Gasteiger partial charge in [-0.2, -0.15) is 0 Å². The molecule has 0 N–H and O–H groups in total. The Morgan fingerprint density at radius 1 is 1.37 bits per heavy atom. The lowest BCUT2D eigenvalue weighted by Gasteiger charge is -2.22. The van der Waals surface area contributed by atoms with Gasteiger partial charge in [0.1, 0.15) is 0 Å². The number of rotatable bonds is 5. The minimum absolute atomic E-state index is 0.142. The topological polar surface area (TPSA) is 43.4 Å². The standard InChI is InChI=1S/C15H20O3S/c1-3-7-15(14-11-10-12(2)18-14)19(16,17)13-8-5-4-6-9-13/h3-6,8-9,12,14-15H,1,7,10-11H2,2H3/t12-,14-,15?/m0/s1. The summed E-state index contributed by atoms with van der Waals surface area (Å²) in [5.41, 5.74) is 0. The highest BCUT2D eigenvalue weighted by Gasteiger charge is 2.38. The summed E-state index contributed by atoms with van der Waals surface area (Å²) in [7, 11) is -3.37. The van der Waals surface area contributed by atoms with E-state index in [2.05, 4.69) is 6.58 Å². The molecule has 104 valence electrons. The van der Waals surface area contributed by atoms with Crippen LogP contribution in [0.3, 0.4) is 0 Å². The Morgan fingerprint density at radius 3 is 2.58 bits per heavy atom. The van der Waals surface area contributed by atoms with Crippen LogP contribution >= 0.6 is 0 Å². The Hall–Kier alpha value is -1.13. The van der Waals surface area contributed by atoms with Crippen molar-refractivity contribution in [3.63, 3.8) is 0 Å². The fraction of sp³-hybridized carbons (Fsp3) is 0.467. The molecule has 1 aliphatic heterocycles. The maximum Gasteiger partial charge on any atom is 0.184 e. The van der Waals surface area contributed by atoms with Gasteiger partial charge in [-0.25, -0.2) is 8.42 Å². The fourth-order valence-electron chi connectivity index (χ4n) is 2.53. The van der Waals surface area contributed by atoms with E-state index in [1.54, 1.807) is 30.3 Å². The minimum Gasteiger partial charge on any atom is -0.374 e. The van der Waals surface area contributed by atoms with Gasteiger partial charge in [0.2, 0.25) is 0 Å². The van der Waals surface area contributed by atoms with E-state index < -0.39 is 15.1 Å². The third-order valence-electron chi connectivity index (χ3n) is 3.55. The van der Waals surface area contributed by atoms with Gasteiger partial charge in [-0.3, -0.25) is 0 Å². The summed E-state index contributed by atoms with van der Waals surface area (Å²) in [5, 5.41) is -0.530. The molecule has 1 heterocycles. The fourth-order valence-corrected chi connectivity index (χ4v) is 4.41. The molecule has 0 radical (unpaired) electrons. The predicted molar refractivity (Wildman–Crippen MR) is 75.8 cm³/mol. The molecule has 1 aromatic rings. The highest BCUT2D eigenvalue weighted by Crippen LogP contribution is 2.30. The zero-order valence-electron chi connectivity index (χ0n) is 11.2. The van der Waals surface area contributed by atoms with Crippen LogP contribution in [0.4, 0.5) is 0 Å². The van der Waals surface area contributed by atoms with Crippen LogP contribution in [0.15, 0.2) is 47.9 Å². The van der Waals surface area contributed by atoms with Gasteiger partial charge in [-0.1, -0.05) is 24.3 Å². The summed E-state index contributed by atoms with van der Waals surface area (Å²) in [5.74, 6) is 0. The van der Waals surface area contributed by atoms with Crippen molar-refractivity contribution in [3.05, 3.63) is 43.0 Å². The third kappa shape index (κ3) is 3.07. The molecule has 0 spiro atoms. The Balaban J connectivity index is 2.31. The smallest absolute Gasteiger partial charge is 0.184 e. The molecule has 1 saturated heterocycles. The number of benzene rings is 1. The number of allylic oxidation sites excluding steroid dienone is 1. The van der Waals surface area contributed by atoms with Gasteiger partial charge in [0, 0.05) is 0 Å². The molecule has 3 nitrogen and oxygen atoms in total. The molecule has 19 heavy (non-hydrogen) atoms. The second-order valence-electron chi connectivity index (χ2n) is 4.98. The molecule has 4 heteroatoms. The Morgan fingerprint density at radius 2 is 2.05 bits per heavy atom. The van der Waals surface area contributed by atoms with Gasteiger partial charge in [0.15, 0.2) is 9.84 Å². The highest BCUT2D eigenvalue weighted by molar-refractivity contribution is 7.92. The summed E-state index contributed by atoms with van der Waals surface area (Å²) in [6.07, 6.45) is 3.72. The van der Waals surface area contributed by atoms with E-state index in [4.69, 9.17) is 4.74 Å². The average Bonchev–Trinajstić information content (AvgIpc) is 2.83. The molecule has 2 rings (SSSR count). The van der Waals surface area contributed by atoms with E-state index in [0.29, 0.717) is 11.3 Å². The van der Waals surface area contributed by atoms with E-state index in [1.165, 1.54) is 0 Å². The second-order valence-corrected chi connectivity index (χ2v) is 7.15. The zero-order valence-corrected chi connectivity index (χ0v) is 12.0. The van der Waals surface area contributed by atoms with Gasteiger partial charge in [0.05, 0.1) is 22.4 Å². The van der Waals surface area contributed by atoms with Gasteiger partial charge >= 0.3 is 0 Å². The predicted octanol–water partition coefficient (Wildman–Crippen LogP) is 2.97. The molecule has 0 saturated carbocycles. The summed E-state index contributed by atoms with van der Waals surface area (Å²) in [4.78, 5) is 0.366. The number of hydrogen-bond acceptors (Lipinski definition) is 3. The third-order valence-corrected chi connectivity index (χ3v) is 5.77. The van der Waals surface area contributed by atoms with Crippen LogP contribution in [-0.4, -0.2) is 25.9 Å². The maximum atomic E-state index is 12.7. The highest BCUT2D eigenvalue weighted by atomic mass is 32.2. The minimum atomic E-state index is -3.37. The summed E-state index contributed by atoms with van der Waals surface area (Å²) >= 11 is 0. The summed E-state index contributed by atoms with van der Waals surface area (Å²) in [6.45, 7) is 5.66. The largest absolute Gasteiger partial charge is 0.374 e. The van der Waals surface area contributed by atoms with E-state index in [1.807, 2.05) is 13.0 Å². The van der Waals surface area contributed by atoms with E-state index in [0.717, 1.165) is 12.8 Å². The molecule has 0 aliphatic carbocycles. The summed E-state index contributed by atoms with van der Waals surface area (Å²) < 4.78 is 31.1. The lowest BCUT2D eigenvalue weighted by atomic mass is 10.1. The average molecular weight is 280 g/mol. The molecule has 0 aromatic heterocycles. The maximum absolute atomic E-state index is 12.7. The molecule has 0 bridgehead atoms. The van der Waals surface area contributed by atoms with Crippen LogP contribution in [-0.2, 0) is 14.6 Å². The first-order chi connectivity index (χ1) is 9.05. The van der Waals surface area contributed by atoms with E-state index >= 15 is 0 Å². The van der Waals surface area contributed by atoms with Gasteiger partial charge in [0.25, 0.3) is 0 Å². The van der Waals surface area contributed by atoms with Crippen molar-refractivity contribution in [1.29, 1.82) is 0 Å². The Kier molecular flexibility index (Phi) is 4.42. The van der Waals surface area contributed by atoms with Crippen LogP contribution < -0.4 is 0 Å². The van der Waals surface area contributed by atoms with E-state index in [9.17, 15) is 8.42 Å². The van der Waals surface area contributed by atoms with Gasteiger partial charge in [-0.15, -0.1) is 6.58 Å². The molecule has 1 unspecified atom stereocenters. The summed E-state index contributed by atoms with van der Waals surface area (Å²) in [6, 6.07) is 8.59. The van der Waals surface area contributed by atoms with Gasteiger partial charge < -0.3 is 4.74 Å². The van der Waals surface area contributed by atoms with Crippen LogP contribution in [0.1, 0.15) is 26.2 Å². The molecule has 0 amide bonds. The van der Waals surface area contributed by atoms with Crippen molar-refractivity contribution < 1.29 is 13.2 Å². The lowest BCUT2D eigenvalue weighted by Crippen LogP contribution is -2.34. The normalized spacial score (nSPS) is 25.1. The second kappa shape index (κ2) is 5.88. The Labute approximate surface area is 115 Å².